The average molecular weight is 263 g/mol. The predicted octanol–water partition coefficient (Wildman–Crippen LogP) is 2.47. The summed E-state index contributed by atoms with van der Waals surface area (Å²) in [5.41, 5.74) is 0. The maximum Gasteiger partial charge on any atom is 0.260 e. The number of hydrogen-bond acceptors (Lipinski definition) is 3. The molecular formula is C15H21NO3. The number of benzene rings is 1. The van der Waals surface area contributed by atoms with Crippen LogP contribution in [0, 0.1) is 0 Å². The lowest BCUT2D eigenvalue weighted by molar-refractivity contribution is -0.135. The molecule has 0 spiro atoms. The van der Waals surface area contributed by atoms with E-state index in [1.165, 1.54) is 0 Å². The largest absolute Gasteiger partial charge is 0.493 e. The number of hydrogen-bond donors (Lipinski definition) is 0. The first-order valence-corrected chi connectivity index (χ1v) is 6.70. The molecule has 1 amide bonds. The fraction of sp³-hybridized carbons (Fsp3) is 0.533. The first kappa shape index (κ1) is 13.7. The van der Waals surface area contributed by atoms with E-state index in [9.17, 15) is 4.79 Å². The van der Waals surface area contributed by atoms with Crippen LogP contribution in [0.4, 0.5) is 0 Å². The van der Waals surface area contributed by atoms with Crippen molar-refractivity contribution in [1.29, 1.82) is 0 Å². The van der Waals surface area contributed by atoms with Crippen molar-refractivity contribution in [2.24, 2.45) is 0 Å². The van der Waals surface area contributed by atoms with E-state index in [1.54, 1.807) is 7.11 Å². The molecule has 1 saturated carbocycles. The Morgan fingerprint density at radius 1 is 1.32 bits per heavy atom. The Bertz CT molecular complexity index is 439. The summed E-state index contributed by atoms with van der Waals surface area (Å²) in [5.74, 6) is 1.30. The number of para-hydroxylation sites is 2. The highest BCUT2D eigenvalue weighted by Crippen LogP contribution is 2.29. The Kier molecular flexibility index (Phi) is 4.30. The summed E-state index contributed by atoms with van der Waals surface area (Å²) >= 11 is 0. The average Bonchev–Trinajstić information content (AvgIpc) is 3.21. The van der Waals surface area contributed by atoms with Crippen molar-refractivity contribution in [3.05, 3.63) is 24.3 Å². The van der Waals surface area contributed by atoms with E-state index in [-0.39, 0.29) is 18.6 Å². The van der Waals surface area contributed by atoms with Crippen molar-refractivity contribution in [1.82, 2.24) is 4.90 Å². The zero-order valence-electron chi connectivity index (χ0n) is 11.8. The summed E-state index contributed by atoms with van der Waals surface area (Å²) in [4.78, 5) is 14.1. The van der Waals surface area contributed by atoms with Crippen LogP contribution in [0.5, 0.6) is 11.5 Å². The Hall–Kier alpha value is -1.71. The van der Waals surface area contributed by atoms with Gasteiger partial charge in [-0.2, -0.15) is 0 Å². The Morgan fingerprint density at radius 2 is 1.95 bits per heavy atom. The lowest BCUT2D eigenvalue weighted by Gasteiger charge is -2.26. The molecule has 19 heavy (non-hydrogen) atoms. The van der Waals surface area contributed by atoms with Gasteiger partial charge in [-0.15, -0.1) is 0 Å². The molecule has 2 rings (SSSR count). The van der Waals surface area contributed by atoms with Crippen LogP contribution in [0.3, 0.4) is 0 Å². The monoisotopic (exact) mass is 263 g/mol. The maximum absolute atomic E-state index is 12.2. The number of rotatable bonds is 6. The van der Waals surface area contributed by atoms with Gasteiger partial charge < -0.3 is 14.4 Å². The first-order chi connectivity index (χ1) is 9.13. The Morgan fingerprint density at radius 3 is 2.47 bits per heavy atom. The normalized spacial score (nSPS) is 14.3. The first-order valence-electron chi connectivity index (χ1n) is 6.70. The van der Waals surface area contributed by atoms with E-state index in [4.69, 9.17) is 9.47 Å². The summed E-state index contributed by atoms with van der Waals surface area (Å²) < 4.78 is 10.8. The van der Waals surface area contributed by atoms with Crippen LogP contribution in [0.2, 0.25) is 0 Å². The Labute approximate surface area is 114 Å². The highest BCUT2D eigenvalue weighted by atomic mass is 16.5. The second-order valence-corrected chi connectivity index (χ2v) is 5.07. The molecule has 0 atom stereocenters. The van der Waals surface area contributed by atoms with Gasteiger partial charge in [-0.25, -0.2) is 0 Å². The van der Waals surface area contributed by atoms with Crippen LogP contribution in [0.1, 0.15) is 26.7 Å². The molecule has 1 aliphatic carbocycles. The van der Waals surface area contributed by atoms with Gasteiger partial charge in [0.1, 0.15) is 0 Å². The predicted molar refractivity (Wildman–Crippen MR) is 73.5 cm³/mol. The van der Waals surface area contributed by atoms with E-state index >= 15 is 0 Å². The number of nitrogens with zero attached hydrogens (tertiary/aromatic N) is 1. The molecule has 0 bridgehead atoms. The van der Waals surface area contributed by atoms with Crippen LogP contribution in [-0.2, 0) is 4.79 Å². The van der Waals surface area contributed by atoms with Gasteiger partial charge in [0.25, 0.3) is 5.91 Å². The highest BCUT2D eigenvalue weighted by Gasteiger charge is 2.34. The number of carbonyl (C=O) groups is 1. The number of methoxy groups -OCH3 is 1. The van der Waals surface area contributed by atoms with Gasteiger partial charge in [-0.05, 0) is 38.8 Å². The van der Waals surface area contributed by atoms with Gasteiger partial charge in [-0.3, -0.25) is 4.79 Å². The molecule has 0 aliphatic heterocycles. The van der Waals surface area contributed by atoms with Crippen LogP contribution in [-0.4, -0.2) is 36.6 Å². The maximum atomic E-state index is 12.2. The van der Waals surface area contributed by atoms with E-state index in [2.05, 4.69) is 0 Å². The lowest BCUT2D eigenvalue weighted by atomic mass is 10.3. The zero-order valence-corrected chi connectivity index (χ0v) is 11.8. The second kappa shape index (κ2) is 5.95. The summed E-state index contributed by atoms with van der Waals surface area (Å²) in [6.45, 7) is 4.15. The minimum Gasteiger partial charge on any atom is -0.493 e. The van der Waals surface area contributed by atoms with Gasteiger partial charge in [0.05, 0.1) is 7.11 Å². The molecule has 1 fully saturated rings. The van der Waals surface area contributed by atoms with E-state index in [0.29, 0.717) is 17.5 Å². The zero-order chi connectivity index (χ0) is 13.8. The molecule has 0 heterocycles. The molecule has 0 unspecified atom stereocenters. The number of carbonyl (C=O) groups excluding carboxylic acids is 1. The summed E-state index contributed by atoms with van der Waals surface area (Å²) in [6.07, 6.45) is 2.22. The van der Waals surface area contributed by atoms with Crippen LogP contribution >= 0.6 is 0 Å². The van der Waals surface area contributed by atoms with E-state index in [0.717, 1.165) is 12.8 Å². The molecular weight excluding hydrogens is 242 g/mol. The minimum absolute atomic E-state index is 0.0448. The van der Waals surface area contributed by atoms with Crippen molar-refractivity contribution in [2.45, 2.75) is 38.8 Å². The minimum atomic E-state index is 0.0448. The lowest BCUT2D eigenvalue weighted by Crippen LogP contribution is -2.41. The molecule has 1 aliphatic rings. The van der Waals surface area contributed by atoms with Crippen molar-refractivity contribution in [3.8, 4) is 11.5 Å². The molecule has 1 aromatic carbocycles. The number of amides is 1. The summed E-state index contributed by atoms with van der Waals surface area (Å²) in [7, 11) is 1.59. The standard InChI is InChI=1S/C15H21NO3/c1-11(2)16(12-8-9-12)15(17)10-19-14-7-5-4-6-13(14)18-3/h4-7,11-12H,8-10H2,1-3H3. The molecule has 4 nitrogen and oxygen atoms in total. The van der Waals surface area contributed by atoms with Crippen molar-refractivity contribution < 1.29 is 14.3 Å². The highest BCUT2D eigenvalue weighted by molar-refractivity contribution is 5.78. The molecule has 0 N–H and O–H groups in total. The van der Waals surface area contributed by atoms with Crippen LogP contribution < -0.4 is 9.47 Å². The molecule has 1 aromatic rings. The molecule has 0 saturated heterocycles. The summed E-state index contributed by atoms with van der Waals surface area (Å²) in [5, 5.41) is 0. The molecule has 104 valence electrons. The fourth-order valence-corrected chi connectivity index (χ4v) is 2.22. The fourth-order valence-electron chi connectivity index (χ4n) is 2.22. The Balaban J connectivity index is 1.95. The van der Waals surface area contributed by atoms with E-state index < -0.39 is 0 Å². The van der Waals surface area contributed by atoms with Gasteiger partial charge in [0.15, 0.2) is 18.1 Å². The second-order valence-electron chi connectivity index (χ2n) is 5.07. The van der Waals surface area contributed by atoms with Gasteiger partial charge in [-0.1, -0.05) is 12.1 Å². The quantitative estimate of drug-likeness (QED) is 0.791. The van der Waals surface area contributed by atoms with Crippen molar-refractivity contribution in [3.63, 3.8) is 0 Å². The third-order valence-corrected chi connectivity index (χ3v) is 3.20. The van der Waals surface area contributed by atoms with Gasteiger partial charge in [0.2, 0.25) is 0 Å². The summed E-state index contributed by atoms with van der Waals surface area (Å²) in [6, 6.07) is 8.00. The molecule has 0 radical (unpaired) electrons. The molecule has 0 aromatic heterocycles. The van der Waals surface area contributed by atoms with Crippen molar-refractivity contribution >= 4 is 5.91 Å². The topological polar surface area (TPSA) is 38.8 Å². The third-order valence-electron chi connectivity index (χ3n) is 3.20. The SMILES string of the molecule is COc1ccccc1OCC(=O)N(C(C)C)C1CC1. The van der Waals surface area contributed by atoms with Crippen LogP contribution in [0.25, 0.3) is 0 Å². The van der Waals surface area contributed by atoms with E-state index in [1.807, 2.05) is 43.0 Å². The van der Waals surface area contributed by atoms with Crippen molar-refractivity contribution in [2.75, 3.05) is 13.7 Å². The number of ether oxygens (including phenoxy) is 2. The molecule has 4 heteroatoms. The van der Waals surface area contributed by atoms with Gasteiger partial charge >= 0.3 is 0 Å². The third kappa shape index (κ3) is 3.40. The smallest absolute Gasteiger partial charge is 0.260 e. The van der Waals surface area contributed by atoms with Crippen LogP contribution in [0.15, 0.2) is 24.3 Å². The van der Waals surface area contributed by atoms with Gasteiger partial charge in [0, 0.05) is 12.1 Å².